The van der Waals surface area contributed by atoms with Crippen molar-refractivity contribution in [2.75, 3.05) is 39.5 Å². The second kappa shape index (κ2) is 7.58. The summed E-state index contributed by atoms with van der Waals surface area (Å²) in [4.78, 5) is 26.0. The van der Waals surface area contributed by atoms with Crippen LogP contribution < -0.4 is 0 Å². The summed E-state index contributed by atoms with van der Waals surface area (Å²) in [6.45, 7) is 8.97. The van der Waals surface area contributed by atoms with Crippen LogP contribution in [-0.4, -0.2) is 66.3 Å². The van der Waals surface area contributed by atoms with Crippen molar-refractivity contribution in [2.24, 2.45) is 22.9 Å². The second-order valence-electron chi connectivity index (χ2n) is 6.48. The van der Waals surface area contributed by atoms with E-state index in [9.17, 15) is 14.9 Å². The molecular weight excluding hydrogens is 304 g/mol. The molecule has 0 N–H and O–H groups in total. The van der Waals surface area contributed by atoms with Crippen LogP contribution in [-0.2, 0) is 9.47 Å². The summed E-state index contributed by atoms with van der Waals surface area (Å²) < 4.78 is 10.6. The molecule has 0 bridgehead atoms. The molecule has 9 heteroatoms. The van der Waals surface area contributed by atoms with Crippen molar-refractivity contribution in [1.82, 2.24) is 9.80 Å². The molecule has 130 valence electrons. The van der Waals surface area contributed by atoms with E-state index in [0.29, 0.717) is 38.8 Å². The fourth-order valence-electron chi connectivity index (χ4n) is 2.66. The normalized spacial score (nSPS) is 26.3. The molecule has 0 spiro atoms. The fraction of sp³-hybridized carbons (Fsp3) is 0.857. The minimum atomic E-state index is -0.773. The van der Waals surface area contributed by atoms with Gasteiger partial charge in [0, 0.05) is 25.6 Å². The van der Waals surface area contributed by atoms with Crippen molar-refractivity contribution >= 4 is 12.1 Å². The van der Waals surface area contributed by atoms with Gasteiger partial charge in [-0.1, -0.05) is 20.8 Å². The van der Waals surface area contributed by atoms with Crippen LogP contribution in [0.3, 0.4) is 0 Å². The van der Waals surface area contributed by atoms with Gasteiger partial charge in [-0.3, -0.25) is 0 Å². The highest BCUT2D eigenvalue weighted by Crippen LogP contribution is 2.23. The molecule has 0 aromatic heterocycles. The van der Waals surface area contributed by atoms with Crippen LogP contribution in [0.5, 0.6) is 0 Å². The predicted octanol–water partition coefficient (Wildman–Crippen LogP) is 1.23. The van der Waals surface area contributed by atoms with Crippen molar-refractivity contribution in [3.05, 3.63) is 10.1 Å². The van der Waals surface area contributed by atoms with Crippen LogP contribution in [0.2, 0.25) is 0 Å². The molecule has 2 unspecified atom stereocenters. The summed E-state index contributed by atoms with van der Waals surface area (Å²) in [5, 5.41) is 13.5. The van der Waals surface area contributed by atoms with Crippen LogP contribution in [0.1, 0.15) is 20.8 Å². The number of carbonyl (C=O) groups excluding carboxylic acids is 1. The van der Waals surface area contributed by atoms with Crippen LogP contribution in [0.25, 0.3) is 0 Å². The molecule has 2 atom stereocenters. The maximum Gasteiger partial charge on any atom is 0.416 e. The third-order valence-electron chi connectivity index (χ3n) is 4.02. The van der Waals surface area contributed by atoms with Gasteiger partial charge in [0.25, 0.3) is 5.96 Å². The minimum Gasteiger partial charge on any atom is -0.449 e. The van der Waals surface area contributed by atoms with Crippen molar-refractivity contribution in [1.29, 1.82) is 0 Å². The summed E-state index contributed by atoms with van der Waals surface area (Å²) in [7, 11) is 0. The highest BCUT2D eigenvalue weighted by Gasteiger charge is 2.38. The van der Waals surface area contributed by atoms with Gasteiger partial charge < -0.3 is 14.4 Å². The fourth-order valence-corrected chi connectivity index (χ4v) is 2.66. The topological polar surface area (TPSA) is 97.5 Å². The van der Waals surface area contributed by atoms with Crippen molar-refractivity contribution in [2.45, 2.75) is 20.8 Å². The first-order valence-electron chi connectivity index (χ1n) is 7.88. The summed E-state index contributed by atoms with van der Waals surface area (Å²) in [5.41, 5.74) is 0. The Hall–Kier alpha value is -1.90. The molecule has 2 aliphatic rings. The van der Waals surface area contributed by atoms with E-state index < -0.39 is 11.1 Å². The Morgan fingerprint density at radius 1 is 1.48 bits per heavy atom. The molecule has 0 saturated carbocycles. The summed E-state index contributed by atoms with van der Waals surface area (Å²) >= 11 is 0. The van der Waals surface area contributed by atoms with E-state index in [1.807, 2.05) is 13.8 Å². The molecule has 2 heterocycles. The van der Waals surface area contributed by atoms with Gasteiger partial charge in [0.15, 0.2) is 5.03 Å². The van der Waals surface area contributed by atoms with Crippen LogP contribution in [0, 0.1) is 27.9 Å². The van der Waals surface area contributed by atoms with E-state index in [0.717, 1.165) is 0 Å². The number of nitro groups is 1. The number of hydrogen-bond donors (Lipinski definition) is 0. The van der Waals surface area contributed by atoms with Crippen molar-refractivity contribution in [3.63, 3.8) is 0 Å². The molecule has 9 nitrogen and oxygen atoms in total. The summed E-state index contributed by atoms with van der Waals surface area (Å²) in [5.74, 6) is 0.917. The Bertz CT molecular complexity index is 482. The number of ether oxygens (including phenoxy) is 2. The third-order valence-corrected chi connectivity index (χ3v) is 4.02. The Morgan fingerprint density at radius 2 is 2.22 bits per heavy atom. The van der Waals surface area contributed by atoms with E-state index in [2.05, 4.69) is 12.0 Å². The quantitative estimate of drug-likeness (QED) is 0.556. The Labute approximate surface area is 135 Å². The first kappa shape index (κ1) is 17.5. The SMILES string of the molecule is CC(C)COC(=O)N1CCN(CC2COCC2C)C1=N[N+](=O)[O-]. The highest BCUT2D eigenvalue weighted by molar-refractivity contribution is 5.95. The first-order valence-corrected chi connectivity index (χ1v) is 7.88. The smallest absolute Gasteiger partial charge is 0.416 e. The van der Waals surface area contributed by atoms with E-state index >= 15 is 0 Å². The third kappa shape index (κ3) is 4.54. The van der Waals surface area contributed by atoms with Crippen LogP contribution >= 0.6 is 0 Å². The maximum absolute atomic E-state index is 12.1. The number of guanidine groups is 1. The second-order valence-corrected chi connectivity index (χ2v) is 6.48. The standard InChI is InChI=1S/C14H24N4O5/c1-10(2)7-23-14(19)17-5-4-16(13(17)15-18(20)21)6-12-9-22-8-11(12)3/h10-12H,4-9H2,1-3H3. The first-order chi connectivity index (χ1) is 10.9. The highest BCUT2D eigenvalue weighted by atomic mass is 16.7. The number of nitrogens with zero attached hydrogens (tertiary/aromatic N) is 4. The average molecular weight is 328 g/mol. The van der Waals surface area contributed by atoms with Crippen molar-refractivity contribution in [3.8, 4) is 0 Å². The van der Waals surface area contributed by atoms with Gasteiger partial charge in [-0.15, -0.1) is 0 Å². The lowest BCUT2D eigenvalue weighted by molar-refractivity contribution is -0.486. The van der Waals surface area contributed by atoms with Gasteiger partial charge in [-0.25, -0.2) is 19.8 Å². The zero-order valence-electron chi connectivity index (χ0n) is 13.8. The van der Waals surface area contributed by atoms with E-state index in [1.165, 1.54) is 4.90 Å². The number of hydrogen-bond acceptors (Lipinski definition) is 5. The molecule has 2 rings (SSSR count). The maximum atomic E-state index is 12.1. The molecule has 0 radical (unpaired) electrons. The summed E-state index contributed by atoms with van der Waals surface area (Å²) in [6, 6.07) is 0. The monoisotopic (exact) mass is 328 g/mol. The Morgan fingerprint density at radius 3 is 2.78 bits per heavy atom. The number of hydrazone groups is 1. The molecule has 0 aromatic rings. The molecule has 2 aliphatic heterocycles. The average Bonchev–Trinajstić information content (AvgIpc) is 3.04. The lowest BCUT2D eigenvalue weighted by Crippen LogP contribution is -2.41. The Balaban J connectivity index is 2.05. The minimum absolute atomic E-state index is 0.0582. The number of carbonyl (C=O) groups is 1. The molecule has 23 heavy (non-hydrogen) atoms. The van der Waals surface area contributed by atoms with Gasteiger partial charge in [-0.2, -0.15) is 0 Å². The number of rotatable bonds is 5. The lowest BCUT2D eigenvalue weighted by atomic mass is 9.98. The molecule has 0 aliphatic carbocycles. The largest absolute Gasteiger partial charge is 0.449 e. The van der Waals surface area contributed by atoms with Gasteiger partial charge >= 0.3 is 6.09 Å². The van der Waals surface area contributed by atoms with Gasteiger partial charge in [0.2, 0.25) is 0 Å². The molecular formula is C14H24N4O5. The zero-order valence-corrected chi connectivity index (χ0v) is 13.8. The summed E-state index contributed by atoms with van der Waals surface area (Å²) in [6.07, 6.45) is -0.586. The lowest BCUT2D eigenvalue weighted by Gasteiger charge is -2.23. The van der Waals surface area contributed by atoms with E-state index in [-0.39, 0.29) is 24.4 Å². The zero-order chi connectivity index (χ0) is 17.0. The van der Waals surface area contributed by atoms with E-state index in [1.54, 1.807) is 4.90 Å². The van der Waals surface area contributed by atoms with Crippen LogP contribution in [0.4, 0.5) is 4.79 Å². The van der Waals surface area contributed by atoms with Crippen LogP contribution in [0.15, 0.2) is 5.10 Å². The molecule has 1 amide bonds. The molecule has 2 saturated heterocycles. The van der Waals surface area contributed by atoms with Gasteiger partial charge in [-0.05, 0) is 11.8 Å². The predicted molar refractivity (Wildman–Crippen MR) is 82.4 cm³/mol. The molecule has 0 aromatic carbocycles. The van der Waals surface area contributed by atoms with Gasteiger partial charge in [0.1, 0.15) is 5.10 Å². The van der Waals surface area contributed by atoms with Crippen molar-refractivity contribution < 1.29 is 19.3 Å². The van der Waals surface area contributed by atoms with E-state index in [4.69, 9.17) is 9.47 Å². The number of amides is 1. The van der Waals surface area contributed by atoms with Gasteiger partial charge in [0.05, 0.1) is 19.8 Å². The Kier molecular flexibility index (Phi) is 5.75. The molecule has 2 fully saturated rings.